The summed E-state index contributed by atoms with van der Waals surface area (Å²) in [7, 11) is 0. The molecule has 1 heteroatoms. The minimum Gasteiger partial charge on any atom is -0.390 e. The zero-order valence-electron chi connectivity index (χ0n) is 10.5. The fourth-order valence-electron chi connectivity index (χ4n) is 6.49. The molecule has 0 heterocycles. The lowest BCUT2D eigenvalue weighted by Gasteiger charge is -2.44. The van der Waals surface area contributed by atoms with Crippen molar-refractivity contribution in [3.63, 3.8) is 0 Å². The van der Waals surface area contributed by atoms with Crippen molar-refractivity contribution < 1.29 is 5.11 Å². The third kappa shape index (κ3) is 0.939. The van der Waals surface area contributed by atoms with Gasteiger partial charge in [-0.05, 0) is 73.5 Å². The summed E-state index contributed by atoms with van der Waals surface area (Å²) in [5, 5.41) is 10.7. The molecule has 16 heavy (non-hydrogen) atoms. The fraction of sp³-hybridized carbons (Fsp3) is 1.00. The molecule has 8 unspecified atom stereocenters. The Balaban J connectivity index is 1.69. The summed E-state index contributed by atoms with van der Waals surface area (Å²) >= 11 is 0. The summed E-state index contributed by atoms with van der Waals surface area (Å²) in [5.74, 6) is 6.51. The maximum absolute atomic E-state index is 10.7. The molecule has 90 valence electrons. The van der Waals surface area contributed by atoms with E-state index in [9.17, 15) is 5.11 Å². The van der Waals surface area contributed by atoms with Crippen molar-refractivity contribution in [3.8, 4) is 0 Å². The molecule has 0 aliphatic heterocycles. The van der Waals surface area contributed by atoms with E-state index in [1.165, 1.54) is 19.3 Å². The molecule has 4 rings (SSSR count). The van der Waals surface area contributed by atoms with Crippen LogP contribution in [-0.4, -0.2) is 10.7 Å². The Morgan fingerprint density at radius 3 is 2.69 bits per heavy atom. The second-order valence-corrected chi connectivity index (χ2v) is 7.29. The van der Waals surface area contributed by atoms with Crippen LogP contribution in [0.5, 0.6) is 0 Å². The quantitative estimate of drug-likeness (QED) is 0.673. The molecule has 0 aromatic heterocycles. The van der Waals surface area contributed by atoms with Crippen LogP contribution in [-0.2, 0) is 0 Å². The lowest BCUT2D eigenvalue weighted by Crippen LogP contribution is -2.45. The Bertz CT molecular complexity index is 325. The van der Waals surface area contributed by atoms with Gasteiger partial charge in [0.25, 0.3) is 0 Å². The molecule has 1 nitrogen and oxygen atoms in total. The second kappa shape index (κ2) is 2.85. The van der Waals surface area contributed by atoms with Crippen molar-refractivity contribution >= 4 is 0 Å². The summed E-state index contributed by atoms with van der Waals surface area (Å²) < 4.78 is 0. The molecule has 4 bridgehead atoms. The third-order valence-electron chi connectivity index (χ3n) is 6.95. The third-order valence-corrected chi connectivity index (χ3v) is 6.95. The Morgan fingerprint density at radius 2 is 1.94 bits per heavy atom. The van der Waals surface area contributed by atoms with Gasteiger partial charge < -0.3 is 5.11 Å². The monoisotopic (exact) mass is 220 g/mol. The summed E-state index contributed by atoms with van der Waals surface area (Å²) in [5.41, 5.74) is -0.264. The van der Waals surface area contributed by atoms with Crippen LogP contribution in [0.4, 0.5) is 0 Å². The van der Waals surface area contributed by atoms with Gasteiger partial charge in [-0.3, -0.25) is 0 Å². The van der Waals surface area contributed by atoms with Crippen LogP contribution < -0.4 is 0 Å². The van der Waals surface area contributed by atoms with E-state index >= 15 is 0 Å². The molecule has 4 fully saturated rings. The van der Waals surface area contributed by atoms with Crippen LogP contribution in [0.25, 0.3) is 0 Å². The number of fused-ring (bicyclic) bond motifs is 9. The number of hydrogen-bond acceptors (Lipinski definition) is 1. The Morgan fingerprint density at radius 1 is 1.12 bits per heavy atom. The van der Waals surface area contributed by atoms with Gasteiger partial charge in [-0.2, -0.15) is 0 Å². The normalized spacial score (nSPS) is 66.6. The van der Waals surface area contributed by atoms with Gasteiger partial charge in [0.15, 0.2) is 0 Å². The first-order valence-corrected chi connectivity index (χ1v) is 7.36. The molecular formula is C15H24O. The molecule has 1 N–H and O–H groups in total. The van der Waals surface area contributed by atoms with Gasteiger partial charge in [0, 0.05) is 0 Å². The van der Waals surface area contributed by atoms with Crippen molar-refractivity contribution in [1.29, 1.82) is 0 Å². The molecule has 0 aromatic rings. The van der Waals surface area contributed by atoms with Crippen LogP contribution in [0.15, 0.2) is 0 Å². The number of aliphatic hydroxyl groups is 1. The first-order valence-electron chi connectivity index (χ1n) is 7.36. The van der Waals surface area contributed by atoms with E-state index in [2.05, 4.69) is 13.8 Å². The molecule has 4 saturated carbocycles. The van der Waals surface area contributed by atoms with Gasteiger partial charge >= 0.3 is 0 Å². The van der Waals surface area contributed by atoms with E-state index < -0.39 is 0 Å². The SMILES string of the molecule is CCC1(O)CC2CC1C1C3CC(C)C(C3)C21. The standard InChI is InChI=1S/C15H24O/c1-3-15(16)7-10-6-12(15)14-9-4-8(2)11(5-9)13(10)14/h8-14,16H,3-7H2,1-2H3. The minimum absolute atomic E-state index is 0.264. The molecule has 0 radical (unpaired) electrons. The predicted molar refractivity (Wildman–Crippen MR) is 63.8 cm³/mol. The zero-order valence-corrected chi connectivity index (χ0v) is 10.5. The predicted octanol–water partition coefficient (Wildman–Crippen LogP) is 3.08. The number of hydrogen-bond donors (Lipinski definition) is 1. The highest BCUT2D eigenvalue weighted by atomic mass is 16.3. The highest BCUT2D eigenvalue weighted by Gasteiger charge is 2.67. The Labute approximate surface area is 98.6 Å². The zero-order chi connectivity index (χ0) is 11.1. The molecule has 0 saturated heterocycles. The summed E-state index contributed by atoms with van der Waals surface area (Å²) in [4.78, 5) is 0. The molecule has 8 atom stereocenters. The van der Waals surface area contributed by atoms with E-state index in [-0.39, 0.29) is 5.60 Å². The van der Waals surface area contributed by atoms with Crippen LogP contribution in [0, 0.1) is 41.4 Å². The largest absolute Gasteiger partial charge is 0.390 e. The molecular weight excluding hydrogens is 196 g/mol. The molecule has 4 aliphatic rings. The lowest BCUT2D eigenvalue weighted by molar-refractivity contribution is -0.0709. The molecule has 0 spiro atoms. The van der Waals surface area contributed by atoms with E-state index in [4.69, 9.17) is 0 Å². The van der Waals surface area contributed by atoms with Gasteiger partial charge in [-0.15, -0.1) is 0 Å². The highest BCUT2D eigenvalue weighted by Crippen LogP contribution is 2.71. The van der Waals surface area contributed by atoms with Crippen LogP contribution >= 0.6 is 0 Å². The van der Waals surface area contributed by atoms with E-state index in [0.29, 0.717) is 5.92 Å². The van der Waals surface area contributed by atoms with Crippen LogP contribution in [0.3, 0.4) is 0 Å². The van der Waals surface area contributed by atoms with Gasteiger partial charge in [0.1, 0.15) is 0 Å². The Hall–Kier alpha value is -0.0400. The van der Waals surface area contributed by atoms with Gasteiger partial charge in [0.05, 0.1) is 5.60 Å². The summed E-state index contributed by atoms with van der Waals surface area (Å²) in [6, 6.07) is 0. The Kier molecular flexibility index (Phi) is 1.77. The van der Waals surface area contributed by atoms with Crippen molar-refractivity contribution in [2.75, 3.05) is 0 Å². The van der Waals surface area contributed by atoms with E-state index in [1.807, 2.05) is 0 Å². The summed E-state index contributed by atoms with van der Waals surface area (Å²) in [6.07, 6.45) is 6.45. The molecule has 0 amide bonds. The van der Waals surface area contributed by atoms with Gasteiger partial charge in [0.2, 0.25) is 0 Å². The van der Waals surface area contributed by atoms with E-state index in [0.717, 1.165) is 48.3 Å². The van der Waals surface area contributed by atoms with Crippen molar-refractivity contribution in [1.82, 2.24) is 0 Å². The first kappa shape index (κ1) is 9.94. The van der Waals surface area contributed by atoms with E-state index in [1.54, 1.807) is 0 Å². The van der Waals surface area contributed by atoms with Crippen molar-refractivity contribution in [3.05, 3.63) is 0 Å². The lowest BCUT2D eigenvalue weighted by atomic mass is 9.63. The topological polar surface area (TPSA) is 20.2 Å². The average molecular weight is 220 g/mol. The maximum atomic E-state index is 10.7. The fourth-order valence-corrected chi connectivity index (χ4v) is 6.49. The molecule has 0 aromatic carbocycles. The van der Waals surface area contributed by atoms with Crippen LogP contribution in [0.2, 0.25) is 0 Å². The first-order chi connectivity index (χ1) is 7.64. The second-order valence-electron chi connectivity index (χ2n) is 7.29. The minimum atomic E-state index is -0.264. The number of rotatable bonds is 1. The maximum Gasteiger partial charge on any atom is 0.0678 e. The average Bonchev–Trinajstić information content (AvgIpc) is 2.93. The van der Waals surface area contributed by atoms with Crippen LogP contribution in [0.1, 0.15) is 46.0 Å². The van der Waals surface area contributed by atoms with Crippen molar-refractivity contribution in [2.24, 2.45) is 41.4 Å². The highest BCUT2D eigenvalue weighted by molar-refractivity contribution is 5.16. The summed E-state index contributed by atoms with van der Waals surface area (Å²) in [6.45, 7) is 4.66. The van der Waals surface area contributed by atoms with Gasteiger partial charge in [-0.25, -0.2) is 0 Å². The molecule has 4 aliphatic carbocycles. The van der Waals surface area contributed by atoms with Crippen molar-refractivity contribution in [2.45, 2.75) is 51.6 Å². The van der Waals surface area contributed by atoms with Gasteiger partial charge in [-0.1, -0.05) is 13.8 Å². The smallest absolute Gasteiger partial charge is 0.0678 e.